The lowest BCUT2D eigenvalue weighted by molar-refractivity contribution is -0.126. The molecule has 1 saturated heterocycles. The summed E-state index contributed by atoms with van der Waals surface area (Å²) in [7, 11) is 0. The first-order valence-electron chi connectivity index (χ1n) is 12.1. The number of anilines is 1. The maximum atomic E-state index is 13.1. The number of likely N-dealkylation sites (tertiary alicyclic amines) is 1. The van der Waals surface area contributed by atoms with Crippen molar-refractivity contribution < 1.29 is 13.2 Å². The average molecular weight is 512 g/mol. The molecule has 0 amide bonds. The summed E-state index contributed by atoms with van der Waals surface area (Å²) >= 11 is 1.08. The summed E-state index contributed by atoms with van der Waals surface area (Å²) in [6.45, 7) is 3.37. The van der Waals surface area contributed by atoms with Crippen LogP contribution in [0.4, 0.5) is 19.0 Å². The van der Waals surface area contributed by atoms with E-state index in [0.29, 0.717) is 22.6 Å². The Morgan fingerprint density at radius 2 is 1.61 bits per heavy atom. The molecule has 188 valence electrons. The number of hydrogen-bond acceptors (Lipinski definition) is 6. The highest BCUT2D eigenvalue weighted by Gasteiger charge is 2.31. The number of rotatable bonds is 8. The van der Waals surface area contributed by atoms with Gasteiger partial charge < -0.3 is 0 Å². The maximum Gasteiger partial charge on any atom is 0.393 e. The lowest BCUT2D eigenvalue weighted by Gasteiger charge is -2.39. The number of halogens is 3. The zero-order valence-electron chi connectivity index (χ0n) is 19.8. The summed E-state index contributed by atoms with van der Waals surface area (Å²) in [6, 6.07) is 22.3. The van der Waals surface area contributed by atoms with Gasteiger partial charge in [-0.05, 0) is 30.0 Å². The quantitative estimate of drug-likeness (QED) is 0.295. The predicted octanol–water partition coefficient (Wildman–Crippen LogP) is 5.97. The van der Waals surface area contributed by atoms with E-state index in [2.05, 4.69) is 61.7 Å². The predicted molar refractivity (Wildman–Crippen MR) is 138 cm³/mol. The van der Waals surface area contributed by atoms with Gasteiger partial charge in [-0.1, -0.05) is 60.7 Å². The minimum absolute atomic E-state index is 0.157. The Labute approximate surface area is 212 Å². The molecule has 4 aromatic rings. The van der Waals surface area contributed by atoms with E-state index in [1.165, 1.54) is 11.9 Å². The van der Waals surface area contributed by atoms with Gasteiger partial charge in [0.2, 0.25) is 0 Å². The van der Waals surface area contributed by atoms with Crippen LogP contribution >= 0.6 is 11.3 Å². The van der Waals surface area contributed by atoms with Gasteiger partial charge in [-0.2, -0.15) is 13.2 Å². The van der Waals surface area contributed by atoms with E-state index in [-0.39, 0.29) is 10.9 Å². The van der Waals surface area contributed by atoms with Crippen LogP contribution in [0.25, 0.3) is 10.2 Å². The number of aromatic nitrogens is 2. The van der Waals surface area contributed by atoms with Crippen molar-refractivity contribution >= 4 is 27.4 Å². The second-order valence-electron chi connectivity index (χ2n) is 9.10. The first-order chi connectivity index (χ1) is 17.4. The molecule has 0 aliphatic carbocycles. The fourth-order valence-electron chi connectivity index (χ4n) is 4.70. The molecule has 1 aliphatic rings. The van der Waals surface area contributed by atoms with Crippen LogP contribution in [0, 0.1) is 0 Å². The van der Waals surface area contributed by atoms with Gasteiger partial charge in [-0.25, -0.2) is 15.4 Å². The third-order valence-electron chi connectivity index (χ3n) is 6.43. The summed E-state index contributed by atoms with van der Waals surface area (Å²) < 4.78 is 39.2. The molecule has 1 aliphatic heterocycles. The number of nitrogens with one attached hydrogen (secondary N) is 1. The molecule has 1 fully saturated rings. The lowest BCUT2D eigenvalue weighted by Crippen LogP contribution is -2.51. The van der Waals surface area contributed by atoms with Crippen LogP contribution in [0.3, 0.4) is 0 Å². The summed E-state index contributed by atoms with van der Waals surface area (Å²) in [5.74, 6) is 0.641. The number of benzene rings is 2. The fraction of sp³-hybridized carbons (Fsp3) is 0.333. The number of fused-ring (bicyclic) bond motifs is 1. The standard InChI is InChI=1S/C27H28F3N5S/c28-27(29,30)16-23-15-24-25(31-19-32-26(24)36-23)35(33-17-20-7-3-1-4-8-20)22-11-13-34(14-12-22)18-21-9-5-2-6-10-21/h1-10,15,19,22,33H,11-14,16-18H2. The number of hydrazine groups is 1. The molecule has 0 unspecified atom stereocenters. The Morgan fingerprint density at radius 3 is 2.28 bits per heavy atom. The number of nitrogens with zero attached hydrogens (tertiary/aromatic N) is 4. The van der Waals surface area contributed by atoms with Crippen LogP contribution in [-0.2, 0) is 19.5 Å². The van der Waals surface area contributed by atoms with Crippen molar-refractivity contribution in [2.45, 2.75) is 44.6 Å². The summed E-state index contributed by atoms with van der Waals surface area (Å²) in [4.78, 5) is 12.1. The third kappa shape index (κ3) is 6.21. The molecule has 1 N–H and O–H groups in total. The first-order valence-corrected chi connectivity index (χ1v) is 12.9. The fourth-order valence-corrected chi connectivity index (χ4v) is 5.72. The van der Waals surface area contributed by atoms with Gasteiger partial charge in [0.05, 0.1) is 11.8 Å². The Hall–Kier alpha value is -3.01. The molecular formula is C27H28F3N5S. The molecule has 0 atom stereocenters. The van der Waals surface area contributed by atoms with Gasteiger partial charge >= 0.3 is 6.18 Å². The molecule has 0 radical (unpaired) electrons. The maximum absolute atomic E-state index is 13.1. The molecule has 36 heavy (non-hydrogen) atoms. The zero-order chi connectivity index (χ0) is 25.0. The van der Waals surface area contributed by atoms with Crippen molar-refractivity contribution in [3.8, 4) is 0 Å². The van der Waals surface area contributed by atoms with Crippen molar-refractivity contribution in [3.05, 3.63) is 89.1 Å². The van der Waals surface area contributed by atoms with Crippen LogP contribution in [0.15, 0.2) is 73.1 Å². The van der Waals surface area contributed by atoms with Crippen molar-refractivity contribution in [2.75, 3.05) is 18.1 Å². The van der Waals surface area contributed by atoms with Gasteiger partial charge in [-0.3, -0.25) is 9.91 Å². The molecule has 2 aromatic heterocycles. The van der Waals surface area contributed by atoms with Crippen LogP contribution in [0.5, 0.6) is 0 Å². The highest BCUT2D eigenvalue weighted by Crippen LogP contribution is 2.35. The molecule has 5 nitrogen and oxygen atoms in total. The van der Waals surface area contributed by atoms with Crippen molar-refractivity contribution in [1.29, 1.82) is 0 Å². The van der Waals surface area contributed by atoms with Crippen LogP contribution in [0.2, 0.25) is 0 Å². The molecule has 3 heterocycles. The molecule has 2 aromatic carbocycles. The average Bonchev–Trinajstić information content (AvgIpc) is 3.28. The summed E-state index contributed by atoms with van der Waals surface area (Å²) in [5, 5.41) is 2.73. The van der Waals surface area contributed by atoms with E-state index in [0.717, 1.165) is 49.4 Å². The van der Waals surface area contributed by atoms with Crippen molar-refractivity contribution in [1.82, 2.24) is 20.3 Å². The van der Waals surface area contributed by atoms with E-state index in [9.17, 15) is 13.2 Å². The van der Waals surface area contributed by atoms with Gasteiger partial charge in [0.1, 0.15) is 11.2 Å². The van der Waals surface area contributed by atoms with Gasteiger partial charge in [-0.15, -0.1) is 11.3 Å². The van der Waals surface area contributed by atoms with Crippen molar-refractivity contribution in [2.24, 2.45) is 0 Å². The van der Waals surface area contributed by atoms with E-state index in [4.69, 9.17) is 0 Å². The number of piperidine rings is 1. The lowest BCUT2D eigenvalue weighted by atomic mass is 10.0. The topological polar surface area (TPSA) is 44.3 Å². The highest BCUT2D eigenvalue weighted by atomic mass is 32.1. The third-order valence-corrected chi connectivity index (χ3v) is 7.47. The molecular weight excluding hydrogens is 483 g/mol. The molecule has 9 heteroatoms. The highest BCUT2D eigenvalue weighted by molar-refractivity contribution is 7.18. The summed E-state index contributed by atoms with van der Waals surface area (Å²) in [6.07, 6.45) is -1.93. The number of alkyl halides is 3. The van der Waals surface area contributed by atoms with E-state index >= 15 is 0 Å². The number of thiophene rings is 1. The normalized spacial score (nSPS) is 15.4. The largest absolute Gasteiger partial charge is 0.393 e. The minimum atomic E-state index is -4.26. The Morgan fingerprint density at radius 1 is 0.944 bits per heavy atom. The Bertz CT molecular complexity index is 1250. The molecule has 0 spiro atoms. The molecule has 0 saturated carbocycles. The van der Waals surface area contributed by atoms with Gasteiger partial charge in [0.15, 0.2) is 5.82 Å². The summed E-state index contributed by atoms with van der Waals surface area (Å²) in [5.41, 5.74) is 5.96. The first kappa shape index (κ1) is 24.7. The van der Waals surface area contributed by atoms with E-state index in [1.54, 1.807) is 6.07 Å². The second-order valence-corrected chi connectivity index (χ2v) is 10.2. The zero-order valence-corrected chi connectivity index (χ0v) is 20.6. The number of hydrogen-bond donors (Lipinski definition) is 1. The van der Waals surface area contributed by atoms with Crippen LogP contribution in [-0.4, -0.2) is 40.2 Å². The van der Waals surface area contributed by atoms with Crippen LogP contribution < -0.4 is 10.4 Å². The second kappa shape index (κ2) is 10.9. The molecule has 0 bridgehead atoms. The van der Waals surface area contributed by atoms with Gasteiger partial charge in [0.25, 0.3) is 0 Å². The Kier molecular flexibility index (Phi) is 7.50. The molecule has 5 rings (SSSR count). The minimum Gasteiger partial charge on any atom is -0.299 e. The SMILES string of the molecule is FC(F)(F)Cc1cc2c(N(NCc3ccccc3)C3CCN(Cc4ccccc4)CC3)ncnc2s1. The smallest absolute Gasteiger partial charge is 0.299 e. The van der Waals surface area contributed by atoms with Crippen molar-refractivity contribution in [3.63, 3.8) is 0 Å². The Balaban J connectivity index is 1.38. The van der Waals surface area contributed by atoms with E-state index in [1.807, 2.05) is 24.3 Å². The monoisotopic (exact) mass is 511 g/mol. The van der Waals surface area contributed by atoms with Crippen LogP contribution in [0.1, 0.15) is 28.8 Å². The van der Waals surface area contributed by atoms with E-state index < -0.39 is 12.6 Å². The van der Waals surface area contributed by atoms with Gasteiger partial charge in [0, 0.05) is 37.1 Å².